The molecule has 0 N–H and O–H groups in total. The Morgan fingerprint density at radius 1 is 0.906 bits per heavy atom. The highest BCUT2D eigenvalue weighted by molar-refractivity contribution is 6.07. The Morgan fingerprint density at radius 3 is 2.28 bits per heavy atom. The highest BCUT2D eigenvalue weighted by Gasteiger charge is 2.66. The number of rotatable bonds is 1. The van der Waals surface area contributed by atoms with Crippen molar-refractivity contribution in [2.75, 3.05) is 7.11 Å². The van der Waals surface area contributed by atoms with Crippen LogP contribution < -0.4 is 0 Å². The molecule has 0 saturated heterocycles. The zero-order chi connectivity index (χ0) is 23.3. The minimum atomic E-state index is -0.0630. The number of allylic oxidation sites excluding steroid dienone is 7. The van der Waals surface area contributed by atoms with Crippen LogP contribution in [0.5, 0.6) is 0 Å². The Bertz CT molecular complexity index is 1020. The quantitative estimate of drug-likeness (QED) is 0.422. The van der Waals surface area contributed by atoms with Gasteiger partial charge in [-0.25, -0.2) is 0 Å². The van der Waals surface area contributed by atoms with Crippen molar-refractivity contribution in [1.82, 2.24) is 0 Å². The van der Waals surface area contributed by atoms with E-state index in [1.165, 1.54) is 49.7 Å². The van der Waals surface area contributed by atoms with Gasteiger partial charge in [0.25, 0.3) is 0 Å². The molecule has 3 saturated carbocycles. The molecule has 3 fully saturated rings. The van der Waals surface area contributed by atoms with Gasteiger partial charge in [-0.1, -0.05) is 59.3 Å². The summed E-state index contributed by atoms with van der Waals surface area (Å²) < 4.78 is 5.47. The second kappa shape index (κ2) is 6.51. The monoisotopic (exact) mass is 434 g/mol. The summed E-state index contributed by atoms with van der Waals surface area (Å²) >= 11 is 0. The van der Waals surface area contributed by atoms with Crippen molar-refractivity contribution < 1.29 is 9.53 Å². The fraction of sp³-hybridized carbons (Fsp3) is 0.700. The second-order valence-corrected chi connectivity index (χ2v) is 13.4. The molecule has 0 aromatic carbocycles. The van der Waals surface area contributed by atoms with Gasteiger partial charge in [-0.05, 0) is 96.7 Å². The fourth-order valence-corrected chi connectivity index (χ4v) is 8.87. The third kappa shape index (κ3) is 2.62. The lowest BCUT2D eigenvalue weighted by Crippen LogP contribution is -2.61. The van der Waals surface area contributed by atoms with Crippen molar-refractivity contribution in [3.63, 3.8) is 0 Å². The Hall–Kier alpha value is -1.57. The average molecular weight is 435 g/mol. The number of hydrogen-bond donors (Lipinski definition) is 0. The molecular formula is C30H42O2. The highest BCUT2D eigenvalue weighted by Crippen LogP contribution is 2.75. The van der Waals surface area contributed by atoms with Gasteiger partial charge in [-0.15, -0.1) is 0 Å². The van der Waals surface area contributed by atoms with E-state index >= 15 is 0 Å². The third-order valence-corrected chi connectivity index (χ3v) is 11.3. The van der Waals surface area contributed by atoms with Crippen LogP contribution >= 0.6 is 0 Å². The molecule has 0 bridgehead atoms. The summed E-state index contributed by atoms with van der Waals surface area (Å²) in [7, 11) is 1.61. The zero-order valence-corrected chi connectivity index (χ0v) is 21.6. The van der Waals surface area contributed by atoms with Gasteiger partial charge in [-0.2, -0.15) is 0 Å². The molecule has 0 radical (unpaired) electrons. The van der Waals surface area contributed by atoms with Crippen LogP contribution in [0.3, 0.4) is 0 Å². The van der Waals surface area contributed by atoms with Crippen LogP contribution in [-0.4, -0.2) is 12.9 Å². The number of fused-ring (bicyclic) bond motifs is 7. The molecule has 5 aliphatic rings. The van der Waals surface area contributed by atoms with E-state index in [0.29, 0.717) is 22.0 Å². The molecule has 2 nitrogen and oxygen atoms in total. The maximum absolute atomic E-state index is 12.9. The molecule has 174 valence electrons. The zero-order valence-electron chi connectivity index (χ0n) is 21.6. The van der Waals surface area contributed by atoms with Crippen molar-refractivity contribution in [3.05, 3.63) is 46.3 Å². The standard InChI is InChI=1S/C30H42O2/c1-19-20-9-10-23-28(5,21(20)17-22(31)25(19)32-8)14-16-30(7)24-18-26(2,3)11-12-27(24,4)13-15-29(23,30)6/h9-10,17,24H,11-16,18H2,1-8H3/t24-,27-,28+,29-,30+/m1/s1. The SMILES string of the molecule is COC1=C(C)C2=CC=C3[C@@](C)(CC[C@@]4(C)[C@@H]5CC(C)(C)CC[C@]5(C)CC[C@]34C)C2=CC1=O. The first-order valence-corrected chi connectivity index (χ1v) is 12.8. The minimum Gasteiger partial charge on any atom is -0.492 e. The molecule has 0 aliphatic heterocycles. The van der Waals surface area contributed by atoms with Gasteiger partial charge >= 0.3 is 0 Å². The third-order valence-electron chi connectivity index (χ3n) is 11.3. The Labute approximate surface area is 195 Å². The van der Waals surface area contributed by atoms with E-state index in [1.54, 1.807) is 12.7 Å². The van der Waals surface area contributed by atoms with Crippen LogP contribution in [0.2, 0.25) is 0 Å². The maximum Gasteiger partial charge on any atom is 0.220 e. The first-order valence-electron chi connectivity index (χ1n) is 12.8. The molecule has 0 aromatic rings. The van der Waals surface area contributed by atoms with E-state index in [1.807, 2.05) is 13.0 Å². The summed E-state index contributed by atoms with van der Waals surface area (Å²) in [5.74, 6) is 1.30. The fourth-order valence-electron chi connectivity index (χ4n) is 8.87. The average Bonchev–Trinajstić information content (AvgIpc) is 2.72. The highest BCUT2D eigenvalue weighted by atomic mass is 16.5. The summed E-state index contributed by atoms with van der Waals surface area (Å²) in [6.07, 6.45) is 15.7. The second-order valence-electron chi connectivity index (χ2n) is 13.4. The largest absolute Gasteiger partial charge is 0.492 e. The normalized spacial score (nSPS) is 44.9. The van der Waals surface area contributed by atoms with Crippen LogP contribution in [0.4, 0.5) is 0 Å². The first-order chi connectivity index (χ1) is 14.8. The van der Waals surface area contributed by atoms with E-state index in [9.17, 15) is 4.79 Å². The Morgan fingerprint density at radius 2 is 1.59 bits per heavy atom. The summed E-state index contributed by atoms with van der Waals surface area (Å²) in [5.41, 5.74) is 6.34. The molecule has 2 heteroatoms. The van der Waals surface area contributed by atoms with Gasteiger partial charge in [0, 0.05) is 11.0 Å². The van der Waals surface area contributed by atoms with E-state index < -0.39 is 0 Å². The topological polar surface area (TPSA) is 26.3 Å². The lowest BCUT2D eigenvalue weighted by atomic mass is 9.34. The molecule has 32 heavy (non-hydrogen) atoms. The van der Waals surface area contributed by atoms with Gasteiger partial charge in [0.15, 0.2) is 5.76 Å². The molecule has 0 aromatic heterocycles. The van der Waals surface area contributed by atoms with Gasteiger partial charge in [0.2, 0.25) is 5.78 Å². The number of ketones is 1. The number of hydrogen-bond acceptors (Lipinski definition) is 2. The van der Waals surface area contributed by atoms with Crippen LogP contribution in [-0.2, 0) is 9.53 Å². The molecule has 0 heterocycles. The smallest absolute Gasteiger partial charge is 0.220 e. The predicted octanol–water partition coefficient (Wildman–Crippen LogP) is 7.72. The number of methoxy groups -OCH3 is 1. The van der Waals surface area contributed by atoms with Gasteiger partial charge in [0.1, 0.15) is 0 Å². The van der Waals surface area contributed by atoms with Crippen LogP contribution in [0.1, 0.15) is 93.4 Å². The first kappa shape index (κ1) is 22.2. The summed E-state index contributed by atoms with van der Waals surface area (Å²) in [4.78, 5) is 12.9. The number of carbonyl (C=O) groups is 1. The van der Waals surface area contributed by atoms with E-state index in [0.717, 1.165) is 17.9 Å². The maximum atomic E-state index is 12.9. The van der Waals surface area contributed by atoms with E-state index in [2.05, 4.69) is 53.7 Å². The molecule has 5 aliphatic carbocycles. The van der Waals surface area contributed by atoms with Crippen molar-refractivity contribution >= 4 is 5.78 Å². The van der Waals surface area contributed by atoms with Crippen LogP contribution in [0, 0.1) is 33.0 Å². The predicted molar refractivity (Wildman–Crippen MR) is 131 cm³/mol. The summed E-state index contributed by atoms with van der Waals surface area (Å²) in [6.45, 7) is 17.2. The lowest BCUT2D eigenvalue weighted by molar-refractivity contribution is -0.159. The van der Waals surface area contributed by atoms with Crippen molar-refractivity contribution in [3.8, 4) is 0 Å². The van der Waals surface area contributed by atoms with E-state index in [-0.39, 0.29) is 16.6 Å². The minimum absolute atomic E-state index is 0.0309. The number of ether oxygens (including phenoxy) is 1. The lowest BCUT2D eigenvalue weighted by Gasteiger charge is -2.70. The van der Waals surface area contributed by atoms with Crippen molar-refractivity contribution in [2.45, 2.75) is 93.4 Å². The van der Waals surface area contributed by atoms with Crippen LogP contribution in [0.15, 0.2) is 46.3 Å². The number of carbonyl (C=O) groups excluding carboxylic acids is 1. The van der Waals surface area contributed by atoms with Gasteiger partial charge in [0.05, 0.1) is 7.11 Å². The Balaban J connectivity index is 1.65. The summed E-state index contributed by atoms with van der Waals surface area (Å²) in [6, 6.07) is 0. The Kier molecular flexibility index (Phi) is 4.53. The van der Waals surface area contributed by atoms with Gasteiger partial charge in [-0.3, -0.25) is 4.79 Å². The molecule has 0 unspecified atom stereocenters. The van der Waals surface area contributed by atoms with Crippen molar-refractivity contribution in [2.24, 2.45) is 33.0 Å². The van der Waals surface area contributed by atoms with Crippen molar-refractivity contribution in [1.29, 1.82) is 0 Å². The molecular weight excluding hydrogens is 392 g/mol. The molecule has 5 atom stereocenters. The molecule has 0 spiro atoms. The molecule has 0 amide bonds. The molecule has 5 rings (SSSR count). The van der Waals surface area contributed by atoms with Crippen LogP contribution in [0.25, 0.3) is 0 Å². The summed E-state index contributed by atoms with van der Waals surface area (Å²) in [5, 5.41) is 0. The van der Waals surface area contributed by atoms with E-state index in [4.69, 9.17) is 4.74 Å². The van der Waals surface area contributed by atoms with Gasteiger partial charge < -0.3 is 4.74 Å².